The maximum absolute atomic E-state index is 12.2. The third-order valence-corrected chi connectivity index (χ3v) is 3.59. The molecule has 144 valence electrons. The van der Waals surface area contributed by atoms with E-state index in [1.807, 2.05) is 19.9 Å². The highest BCUT2D eigenvalue weighted by Crippen LogP contribution is 2.38. The van der Waals surface area contributed by atoms with Crippen LogP contribution in [0.5, 0.6) is 11.5 Å². The monoisotopic (exact) mass is 364 g/mol. The van der Waals surface area contributed by atoms with E-state index in [1.54, 1.807) is 26.8 Å². The van der Waals surface area contributed by atoms with Crippen LogP contribution in [0.4, 0.5) is 10.5 Å². The Morgan fingerprint density at radius 3 is 2.69 bits per heavy atom. The van der Waals surface area contributed by atoms with Gasteiger partial charge in [0, 0.05) is 31.0 Å². The molecule has 0 radical (unpaired) electrons. The van der Waals surface area contributed by atoms with E-state index in [9.17, 15) is 9.59 Å². The summed E-state index contributed by atoms with van der Waals surface area (Å²) in [6.45, 7) is 9.92. The number of nitrogens with one attached hydrogen (secondary N) is 2. The van der Waals surface area contributed by atoms with Gasteiger partial charge in [0.15, 0.2) is 0 Å². The Labute approximate surface area is 154 Å². The van der Waals surface area contributed by atoms with Gasteiger partial charge in [0.2, 0.25) is 5.91 Å². The van der Waals surface area contributed by atoms with Crippen LogP contribution in [-0.2, 0) is 16.0 Å². The summed E-state index contributed by atoms with van der Waals surface area (Å²) in [5.41, 5.74) is 1.08. The Morgan fingerprint density at radius 1 is 1.31 bits per heavy atom. The van der Waals surface area contributed by atoms with Crippen molar-refractivity contribution in [3.8, 4) is 11.5 Å². The van der Waals surface area contributed by atoms with Gasteiger partial charge in [-0.05, 0) is 40.7 Å². The number of carbonyl (C=O) groups excluding carboxylic acids is 2. The predicted molar refractivity (Wildman–Crippen MR) is 98.9 cm³/mol. The first-order valence-corrected chi connectivity index (χ1v) is 8.91. The van der Waals surface area contributed by atoms with Crippen molar-refractivity contribution < 1.29 is 23.8 Å². The average Bonchev–Trinajstić information content (AvgIpc) is 2.85. The summed E-state index contributed by atoms with van der Waals surface area (Å²) in [6.07, 6.45) is 0.520. The number of hydrogen-bond acceptors (Lipinski definition) is 5. The van der Waals surface area contributed by atoms with Gasteiger partial charge in [-0.2, -0.15) is 0 Å². The first-order valence-electron chi connectivity index (χ1n) is 8.91. The van der Waals surface area contributed by atoms with Crippen molar-refractivity contribution in [1.82, 2.24) is 5.32 Å². The minimum Gasteiger partial charge on any atom is -0.492 e. The molecule has 26 heavy (non-hydrogen) atoms. The van der Waals surface area contributed by atoms with Crippen LogP contribution < -0.4 is 20.1 Å². The van der Waals surface area contributed by atoms with Crippen molar-refractivity contribution in [3.63, 3.8) is 0 Å². The molecule has 1 aliphatic heterocycles. The highest BCUT2D eigenvalue weighted by Gasteiger charge is 2.22. The van der Waals surface area contributed by atoms with Crippen LogP contribution in [-0.4, -0.2) is 36.9 Å². The number of hydrogen-bond donors (Lipinski definition) is 2. The van der Waals surface area contributed by atoms with Gasteiger partial charge in [-0.25, -0.2) is 4.79 Å². The summed E-state index contributed by atoms with van der Waals surface area (Å²) >= 11 is 0. The quantitative estimate of drug-likeness (QED) is 0.809. The van der Waals surface area contributed by atoms with Crippen LogP contribution in [0.25, 0.3) is 0 Å². The molecule has 2 amide bonds. The normalized spacial score (nSPS) is 15.7. The Bertz CT molecular complexity index is 667. The standard InChI is InChI=1S/C19H28N2O5/c1-6-24-16-10-13-9-12(2)25-15(13)11-14(16)21-17(22)7-8-20-18(23)26-19(3,4)5/h10-12H,6-9H2,1-5H3,(H,20,23)(H,21,22). The molecule has 1 aromatic rings. The SMILES string of the molecule is CCOc1cc2c(cc1NC(=O)CCNC(=O)OC(C)(C)C)OC(C)C2. The van der Waals surface area contributed by atoms with Crippen molar-refractivity contribution in [2.75, 3.05) is 18.5 Å². The van der Waals surface area contributed by atoms with Gasteiger partial charge in [-0.3, -0.25) is 4.79 Å². The molecule has 2 rings (SSSR count). The lowest BCUT2D eigenvalue weighted by atomic mass is 10.1. The average molecular weight is 364 g/mol. The molecule has 0 saturated carbocycles. The smallest absolute Gasteiger partial charge is 0.407 e. The van der Waals surface area contributed by atoms with Gasteiger partial charge in [-0.15, -0.1) is 0 Å². The fraction of sp³-hybridized carbons (Fsp3) is 0.579. The lowest BCUT2D eigenvalue weighted by molar-refractivity contribution is -0.116. The topological polar surface area (TPSA) is 85.9 Å². The minimum atomic E-state index is -0.569. The zero-order valence-corrected chi connectivity index (χ0v) is 16.1. The Hall–Kier alpha value is -2.44. The van der Waals surface area contributed by atoms with Gasteiger partial charge < -0.3 is 24.8 Å². The molecule has 1 heterocycles. The summed E-state index contributed by atoms with van der Waals surface area (Å²) in [5, 5.41) is 5.39. The maximum Gasteiger partial charge on any atom is 0.407 e. The van der Waals surface area contributed by atoms with Crippen molar-refractivity contribution in [2.45, 2.75) is 59.2 Å². The molecule has 0 bridgehead atoms. The molecule has 1 atom stereocenters. The van der Waals surface area contributed by atoms with Crippen molar-refractivity contribution in [3.05, 3.63) is 17.7 Å². The lowest BCUT2D eigenvalue weighted by Gasteiger charge is -2.19. The second kappa shape index (κ2) is 8.29. The van der Waals surface area contributed by atoms with E-state index >= 15 is 0 Å². The van der Waals surface area contributed by atoms with E-state index in [0.717, 1.165) is 17.7 Å². The molecule has 1 aliphatic rings. The van der Waals surface area contributed by atoms with Crippen LogP contribution in [0.2, 0.25) is 0 Å². The number of carbonyl (C=O) groups is 2. The second-order valence-electron chi connectivity index (χ2n) is 7.25. The summed E-state index contributed by atoms with van der Waals surface area (Å²) in [7, 11) is 0. The van der Waals surface area contributed by atoms with Gasteiger partial charge in [0.1, 0.15) is 23.2 Å². The number of fused-ring (bicyclic) bond motifs is 1. The van der Waals surface area contributed by atoms with Crippen LogP contribution in [0.15, 0.2) is 12.1 Å². The largest absolute Gasteiger partial charge is 0.492 e. The van der Waals surface area contributed by atoms with E-state index in [1.165, 1.54) is 0 Å². The molecule has 2 N–H and O–H groups in total. The minimum absolute atomic E-state index is 0.114. The fourth-order valence-corrected chi connectivity index (χ4v) is 2.62. The number of anilines is 1. The van der Waals surface area contributed by atoms with Gasteiger partial charge in [0.25, 0.3) is 0 Å². The molecule has 1 unspecified atom stereocenters. The van der Waals surface area contributed by atoms with Crippen molar-refractivity contribution in [1.29, 1.82) is 0 Å². The van der Waals surface area contributed by atoms with Gasteiger partial charge in [0.05, 0.1) is 12.3 Å². The van der Waals surface area contributed by atoms with E-state index in [-0.39, 0.29) is 25.0 Å². The number of amides is 2. The van der Waals surface area contributed by atoms with Crippen LogP contribution in [0.3, 0.4) is 0 Å². The van der Waals surface area contributed by atoms with E-state index in [2.05, 4.69) is 10.6 Å². The highest BCUT2D eigenvalue weighted by molar-refractivity contribution is 5.93. The van der Waals surface area contributed by atoms with Crippen LogP contribution >= 0.6 is 0 Å². The van der Waals surface area contributed by atoms with E-state index in [4.69, 9.17) is 14.2 Å². The lowest BCUT2D eigenvalue weighted by Crippen LogP contribution is -2.34. The molecule has 0 fully saturated rings. The number of ether oxygens (including phenoxy) is 3. The molecule has 0 aliphatic carbocycles. The van der Waals surface area contributed by atoms with E-state index < -0.39 is 11.7 Å². The fourth-order valence-electron chi connectivity index (χ4n) is 2.62. The summed E-state index contributed by atoms with van der Waals surface area (Å²) < 4.78 is 16.5. The van der Waals surface area contributed by atoms with Crippen LogP contribution in [0, 0.1) is 0 Å². The zero-order chi connectivity index (χ0) is 19.3. The Morgan fingerprint density at radius 2 is 2.04 bits per heavy atom. The molecule has 0 spiro atoms. The van der Waals surface area contributed by atoms with Gasteiger partial charge in [-0.1, -0.05) is 0 Å². The number of alkyl carbamates (subject to hydrolysis) is 1. The molecule has 0 saturated heterocycles. The highest BCUT2D eigenvalue weighted by atomic mass is 16.6. The Kier molecular flexibility index (Phi) is 6.34. The van der Waals surface area contributed by atoms with Crippen molar-refractivity contribution >= 4 is 17.7 Å². The maximum atomic E-state index is 12.2. The van der Waals surface area contributed by atoms with Crippen molar-refractivity contribution in [2.24, 2.45) is 0 Å². The molecular weight excluding hydrogens is 336 g/mol. The second-order valence-corrected chi connectivity index (χ2v) is 7.25. The molecular formula is C19H28N2O5. The molecule has 0 aromatic heterocycles. The first kappa shape index (κ1) is 19.9. The zero-order valence-electron chi connectivity index (χ0n) is 16.1. The Balaban J connectivity index is 1.92. The first-order chi connectivity index (χ1) is 12.2. The molecule has 1 aromatic carbocycles. The molecule has 7 nitrogen and oxygen atoms in total. The van der Waals surface area contributed by atoms with Gasteiger partial charge >= 0.3 is 6.09 Å². The van der Waals surface area contributed by atoms with E-state index in [0.29, 0.717) is 18.0 Å². The summed E-state index contributed by atoms with van der Waals surface area (Å²) in [4.78, 5) is 23.8. The molecule has 7 heteroatoms. The third kappa shape index (κ3) is 5.82. The van der Waals surface area contributed by atoms with Crippen LogP contribution in [0.1, 0.15) is 46.6 Å². The summed E-state index contributed by atoms with van der Waals surface area (Å²) in [5.74, 6) is 1.16. The summed E-state index contributed by atoms with van der Waals surface area (Å²) in [6, 6.07) is 3.71. The predicted octanol–water partition coefficient (Wildman–Crippen LogP) is 3.26. The third-order valence-electron chi connectivity index (χ3n) is 3.59. The number of benzene rings is 1. The number of rotatable bonds is 6.